The molecule has 210 valence electrons. The Morgan fingerprint density at radius 2 is 1.66 bits per heavy atom. The number of allylic oxidation sites excluding steroid dienone is 2. The number of esters is 1. The normalized spacial score (nSPS) is 30.3. The van der Waals surface area contributed by atoms with Crippen molar-refractivity contribution in [1.82, 2.24) is 15.5 Å². The highest BCUT2D eigenvalue weighted by atomic mass is 127. The minimum absolute atomic E-state index is 0.114. The topological polar surface area (TPSA) is 125 Å². The third-order valence-corrected chi connectivity index (χ3v) is 7.53. The lowest BCUT2D eigenvalue weighted by molar-refractivity contribution is -0.153. The highest BCUT2D eigenvalue weighted by Gasteiger charge is 2.33. The summed E-state index contributed by atoms with van der Waals surface area (Å²) in [5.74, 6) is -1.89. The number of hydrogen-bond donors (Lipinski definition) is 3. The SMILES string of the molecule is C/C1=C\[C@H](C)C[C@H](C)OC(=O)[C@H](C)NC(=O)[C@H](Cc2ccc(O)c(I)c2)N(C)C(=O)[C@H](C)NC(=O)[C@@H](C)C1. The number of phenolic OH excluding ortho intramolecular Hbond substituents is 1. The van der Waals surface area contributed by atoms with Gasteiger partial charge in [0.15, 0.2) is 0 Å². The predicted octanol–water partition coefficient (Wildman–Crippen LogP) is 3.32. The summed E-state index contributed by atoms with van der Waals surface area (Å²) in [6, 6.07) is 2.17. The van der Waals surface area contributed by atoms with Gasteiger partial charge in [-0.1, -0.05) is 31.6 Å². The number of halogens is 1. The van der Waals surface area contributed by atoms with Crippen LogP contribution in [0.2, 0.25) is 0 Å². The molecule has 9 nitrogen and oxygen atoms in total. The molecule has 0 saturated carbocycles. The smallest absolute Gasteiger partial charge is 0.328 e. The number of ether oxygens (including phenoxy) is 1. The Morgan fingerprint density at radius 3 is 2.29 bits per heavy atom. The summed E-state index contributed by atoms with van der Waals surface area (Å²) in [4.78, 5) is 53.7. The first-order valence-electron chi connectivity index (χ1n) is 12.9. The number of nitrogens with zero attached hydrogens (tertiary/aromatic N) is 1. The quantitative estimate of drug-likeness (QED) is 0.259. The van der Waals surface area contributed by atoms with E-state index in [1.807, 2.05) is 50.3 Å². The Balaban J connectivity index is 2.40. The summed E-state index contributed by atoms with van der Waals surface area (Å²) in [5, 5.41) is 15.4. The van der Waals surface area contributed by atoms with Crippen molar-refractivity contribution >= 4 is 46.3 Å². The Bertz CT molecular complexity index is 1070. The number of benzene rings is 1. The van der Waals surface area contributed by atoms with Crippen LogP contribution in [0.25, 0.3) is 0 Å². The van der Waals surface area contributed by atoms with E-state index in [9.17, 15) is 24.3 Å². The molecule has 0 aliphatic carbocycles. The first-order valence-corrected chi connectivity index (χ1v) is 14.0. The van der Waals surface area contributed by atoms with Crippen LogP contribution in [-0.2, 0) is 30.3 Å². The number of carbonyl (C=O) groups excluding carboxylic acids is 4. The molecular formula is C28H40IN3O6. The monoisotopic (exact) mass is 641 g/mol. The number of likely N-dealkylation sites (N-methyl/N-ethyl adjacent to an activating group) is 1. The van der Waals surface area contributed by atoms with E-state index >= 15 is 0 Å². The van der Waals surface area contributed by atoms with Crippen LogP contribution in [0.4, 0.5) is 0 Å². The molecule has 2 rings (SSSR count). The lowest BCUT2D eigenvalue weighted by atomic mass is 9.95. The maximum atomic E-state index is 13.4. The fourth-order valence-electron chi connectivity index (χ4n) is 4.62. The fourth-order valence-corrected chi connectivity index (χ4v) is 5.20. The third-order valence-electron chi connectivity index (χ3n) is 6.67. The van der Waals surface area contributed by atoms with Crippen molar-refractivity contribution < 1.29 is 29.0 Å². The summed E-state index contributed by atoms with van der Waals surface area (Å²) in [7, 11) is 1.50. The molecule has 0 saturated heterocycles. The zero-order valence-electron chi connectivity index (χ0n) is 23.2. The Kier molecular flexibility index (Phi) is 11.6. The van der Waals surface area contributed by atoms with Gasteiger partial charge in [-0.15, -0.1) is 0 Å². The Hall–Kier alpha value is -2.63. The molecular weight excluding hydrogens is 601 g/mol. The van der Waals surface area contributed by atoms with Gasteiger partial charge in [0.05, 0.1) is 9.67 Å². The molecule has 1 aliphatic heterocycles. The van der Waals surface area contributed by atoms with Crippen LogP contribution >= 0.6 is 22.6 Å². The minimum Gasteiger partial charge on any atom is -0.507 e. The molecule has 6 atom stereocenters. The van der Waals surface area contributed by atoms with E-state index in [4.69, 9.17) is 4.74 Å². The summed E-state index contributed by atoms with van der Waals surface area (Å²) in [6.07, 6.45) is 2.96. The van der Waals surface area contributed by atoms with Crippen molar-refractivity contribution in [1.29, 1.82) is 0 Å². The first-order chi connectivity index (χ1) is 17.7. The molecule has 0 unspecified atom stereocenters. The molecule has 1 aromatic carbocycles. The molecule has 38 heavy (non-hydrogen) atoms. The van der Waals surface area contributed by atoms with Crippen molar-refractivity contribution in [2.75, 3.05) is 7.05 Å². The number of nitrogens with one attached hydrogen (secondary N) is 2. The molecule has 3 amide bonds. The average Bonchev–Trinajstić information content (AvgIpc) is 2.82. The van der Waals surface area contributed by atoms with Crippen LogP contribution < -0.4 is 10.6 Å². The second-order valence-corrected chi connectivity index (χ2v) is 11.7. The zero-order chi connectivity index (χ0) is 28.7. The summed E-state index contributed by atoms with van der Waals surface area (Å²) in [6.45, 7) is 10.7. The van der Waals surface area contributed by atoms with E-state index in [1.165, 1.54) is 18.0 Å². The molecule has 0 bridgehead atoms. The average molecular weight is 642 g/mol. The number of phenols is 1. The van der Waals surface area contributed by atoms with E-state index in [1.54, 1.807) is 26.0 Å². The summed E-state index contributed by atoms with van der Waals surface area (Å²) in [5.41, 5.74) is 1.76. The molecule has 0 aromatic heterocycles. The van der Waals surface area contributed by atoms with Gasteiger partial charge in [-0.25, -0.2) is 4.79 Å². The van der Waals surface area contributed by atoms with Crippen molar-refractivity contribution in [3.05, 3.63) is 39.0 Å². The largest absolute Gasteiger partial charge is 0.507 e. The second-order valence-electron chi connectivity index (χ2n) is 10.5. The van der Waals surface area contributed by atoms with Gasteiger partial charge in [0, 0.05) is 19.4 Å². The molecule has 1 aromatic rings. The van der Waals surface area contributed by atoms with Crippen molar-refractivity contribution in [2.24, 2.45) is 11.8 Å². The van der Waals surface area contributed by atoms with Gasteiger partial charge < -0.3 is 25.4 Å². The third kappa shape index (κ3) is 8.99. The predicted molar refractivity (Wildman–Crippen MR) is 153 cm³/mol. The van der Waals surface area contributed by atoms with Gasteiger partial charge >= 0.3 is 5.97 Å². The number of hydrogen-bond acceptors (Lipinski definition) is 6. The molecule has 0 radical (unpaired) electrons. The van der Waals surface area contributed by atoms with E-state index < -0.39 is 35.9 Å². The van der Waals surface area contributed by atoms with Crippen LogP contribution in [0.3, 0.4) is 0 Å². The maximum Gasteiger partial charge on any atom is 0.328 e. The Morgan fingerprint density at radius 1 is 1.03 bits per heavy atom. The van der Waals surface area contributed by atoms with Gasteiger partial charge in [-0.2, -0.15) is 0 Å². The van der Waals surface area contributed by atoms with Gasteiger partial charge in [0.2, 0.25) is 17.7 Å². The summed E-state index contributed by atoms with van der Waals surface area (Å²) >= 11 is 1.99. The maximum absolute atomic E-state index is 13.4. The highest BCUT2D eigenvalue weighted by Crippen LogP contribution is 2.22. The molecule has 10 heteroatoms. The number of cyclic esters (lactones) is 1. The lowest BCUT2D eigenvalue weighted by Crippen LogP contribution is -2.56. The number of rotatable bonds is 2. The Labute approximate surface area is 238 Å². The van der Waals surface area contributed by atoms with Crippen molar-refractivity contribution in [3.63, 3.8) is 0 Å². The first kappa shape index (κ1) is 31.6. The van der Waals surface area contributed by atoms with Crippen molar-refractivity contribution in [3.8, 4) is 5.75 Å². The number of amides is 3. The lowest BCUT2D eigenvalue weighted by Gasteiger charge is -2.31. The van der Waals surface area contributed by atoms with Crippen LogP contribution in [0.15, 0.2) is 29.8 Å². The van der Waals surface area contributed by atoms with E-state index in [0.717, 1.165) is 11.1 Å². The fraction of sp³-hybridized carbons (Fsp3) is 0.571. The van der Waals surface area contributed by atoms with Gasteiger partial charge in [0.25, 0.3) is 0 Å². The van der Waals surface area contributed by atoms with Crippen molar-refractivity contribution in [2.45, 2.75) is 85.0 Å². The number of carbonyl (C=O) groups is 4. The standard InChI is InChI=1S/C28H40IN3O6/c1-15-10-16(2)12-18(4)38-28(37)20(6)31-26(35)23(14-21-8-9-24(33)22(29)13-21)32(7)27(36)19(5)30-25(34)17(3)11-15/h8-10,13,16-20,23,33H,11-12,14H2,1-7H3,(H,30,34)(H,31,35)/b15-10+/t16-,17-,18-,19-,20-,23-/m0/s1. The summed E-state index contributed by atoms with van der Waals surface area (Å²) < 4.78 is 6.20. The number of aromatic hydroxyl groups is 1. The van der Waals surface area contributed by atoms with E-state index in [0.29, 0.717) is 16.4 Å². The molecule has 0 spiro atoms. The van der Waals surface area contributed by atoms with Crippen LogP contribution in [0.1, 0.15) is 59.9 Å². The molecule has 1 heterocycles. The molecule has 3 N–H and O–H groups in total. The second kappa shape index (κ2) is 14.0. The molecule has 1 aliphatic rings. The van der Waals surface area contributed by atoms with E-state index in [-0.39, 0.29) is 36.0 Å². The zero-order valence-corrected chi connectivity index (χ0v) is 25.4. The van der Waals surface area contributed by atoms with Crippen LogP contribution in [0, 0.1) is 15.4 Å². The van der Waals surface area contributed by atoms with Crippen LogP contribution in [-0.4, -0.2) is 65.0 Å². The van der Waals surface area contributed by atoms with Gasteiger partial charge in [0.1, 0.15) is 23.9 Å². The van der Waals surface area contributed by atoms with Crippen LogP contribution in [0.5, 0.6) is 5.75 Å². The van der Waals surface area contributed by atoms with Gasteiger partial charge in [-0.3, -0.25) is 14.4 Å². The molecule has 0 fully saturated rings. The van der Waals surface area contributed by atoms with E-state index in [2.05, 4.69) is 16.7 Å². The highest BCUT2D eigenvalue weighted by molar-refractivity contribution is 14.1. The minimum atomic E-state index is -0.976. The van der Waals surface area contributed by atoms with Gasteiger partial charge in [-0.05, 0) is 86.7 Å².